The SMILES string of the molecule is CC.Cc1cc(O)c(C)c2c1CCNC2. The zero-order chi connectivity index (χ0) is 11.4. The van der Waals surface area contributed by atoms with Crippen LogP contribution in [0.4, 0.5) is 0 Å². The van der Waals surface area contributed by atoms with Crippen LogP contribution in [-0.2, 0) is 13.0 Å². The lowest BCUT2D eigenvalue weighted by atomic mass is 9.92. The van der Waals surface area contributed by atoms with Gasteiger partial charge in [0.2, 0.25) is 0 Å². The number of nitrogens with one attached hydrogen (secondary N) is 1. The van der Waals surface area contributed by atoms with Gasteiger partial charge in [-0.25, -0.2) is 0 Å². The van der Waals surface area contributed by atoms with Gasteiger partial charge in [-0.1, -0.05) is 13.8 Å². The van der Waals surface area contributed by atoms with E-state index in [0.717, 1.165) is 25.1 Å². The molecule has 0 saturated carbocycles. The van der Waals surface area contributed by atoms with E-state index < -0.39 is 0 Å². The largest absolute Gasteiger partial charge is 0.508 e. The number of phenolic OH excluding ortho intramolecular Hbond substituents is 1. The summed E-state index contributed by atoms with van der Waals surface area (Å²) in [6.45, 7) is 10.0. The number of aryl methyl sites for hydroxylation is 1. The lowest BCUT2D eigenvalue weighted by molar-refractivity contribution is 0.467. The molecule has 2 heteroatoms. The molecule has 2 rings (SSSR count). The van der Waals surface area contributed by atoms with Crippen molar-refractivity contribution in [2.24, 2.45) is 0 Å². The zero-order valence-corrected chi connectivity index (χ0v) is 10.1. The molecule has 0 bridgehead atoms. The summed E-state index contributed by atoms with van der Waals surface area (Å²) in [5.41, 5.74) is 4.98. The molecule has 1 aliphatic heterocycles. The van der Waals surface area contributed by atoms with Crippen molar-refractivity contribution in [2.75, 3.05) is 6.54 Å². The second-order valence-corrected chi connectivity index (χ2v) is 3.72. The molecular weight excluding hydrogens is 186 g/mol. The Morgan fingerprint density at radius 1 is 1.20 bits per heavy atom. The highest BCUT2D eigenvalue weighted by molar-refractivity contribution is 5.48. The summed E-state index contributed by atoms with van der Waals surface area (Å²) in [6.07, 6.45) is 1.09. The van der Waals surface area contributed by atoms with Gasteiger partial charge in [0.1, 0.15) is 5.75 Å². The fourth-order valence-electron chi connectivity index (χ4n) is 2.03. The Kier molecular flexibility index (Phi) is 4.15. The molecular formula is C13H21NO. The Labute approximate surface area is 92.3 Å². The van der Waals surface area contributed by atoms with Gasteiger partial charge < -0.3 is 10.4 Å². The van der Waals surface area contributed by atoms with E-state index in [1.54, 1.807) is 0 Å². The zero-order valence-electron chi connectivity index (χ0n) is 10.1. The first-order valence-corrected chi connectivity index (χ1v) is 5.72. The van der Waals surface area contributed by atoms with Gasteiger partial charge in [-0.15, -0.1) is 0 Å². The smallest absolute Gasteiger partial charge is 0.119 e. The van der Waals surface area contributed by atoms with Crippen LogP contribution in [0.15, 0.2) is 6.07 Å². The average Bonchev–Trinajstić information content (AvgIpc) is 2.29. The van der Waals surface area contributed by atoms with Gasteiger partial charge in [0.25, 0.3) is 0 Å². The normalized spacial score (nSPS) is 13.9. The molecule has 2 nitrogen and oxygen atoms in total. The minimum atomic E-state index is 0.431. The summed E-state index contributed by atoms with van der Waals surface area (Å²) < 4.78 is 0. The molecule has 0 saturated heterocycles. The van der Waals surface area contributed by atoms with E-state index in [0.29, 0.717) is 5.75 Å². The van der Waals surface area contributed by atoms with Crippen molar-refractivity contribution in [1.29, 1.82) is 0 Å². The average molecular weight is 207 g/mol. The molecule has 0 unspecified atom stereocenters. The number of rotatable bonds is 0. The fraction of sp³-hybridized carbons (Fsp3) is 0.538. The highest BCUT2D eigenvalue weighted by Gasteiger charge is 2.15. The van der Waals surface area contributed by atoms with Gasteiger partial charge in [-0.05, 0) is 55.1 Å². The number of benzene rings is 1. The summed E-state index contributed by atoms with van der Waals surface area (Å²) in [7, 11) is 0. The molecule has 1 aromatic rings. The van der Waals surface area contributed by atoms with Gasteiger partial charge in [-0.3, -0.25) is 0 Å². The van der Waals surface area contributed by atoms with E-state index in [-0.39, 0.29) is 0 Å². The van der Waals surface area contributed by atoms with E-state index in [9.17, 15) is 5.11 Å². The van der Waals surface area contributed by atoms with Crippen LogP contribution in [0, 0.1) is 13.8 Å². The van der Waals surface area contributed by atoms with Crippen LogP contribution < -0.4 is 5.32 Å². The van der Waals surface area contributed by atoms with Crippen LogP contribution in [0.5, 0.6) is 5.75 Å². The van der Waals surface area contributed by atoms with Crippen molar-refractivity contribution >= 4 is 0 Å². The van der Waals surface area contributed by atoms with Crippen molar-refractivity contribution in [3.8, 4) is 5.75 Å². The molecule has 1 aromatic carbocycles. The van der Waals surface area contributed by atoms with Crippen LogP contribution in [-0.4, -0.2) is 11.7 Å². The summed E-state index contributed by atoms with van der Waals surface area (Å²) in [5, 5.41) is 13.0. The second kappa shape index (κ2) is 5.17. The summed E-state index contributed by atoms with van der Waals surface area (Å²) in [6, 6.07) is 1.87. The van der Waals surface area contributed by atoms with Crippen molar-refractivity contribution in [2.45, 2.75) is 40.7 Å². The third-order valence-corrected chi connectivity index (χ3v) is 2.88. The molecule has 1 heterocycles. The maximum absolute atomic E-state index is 9.63. The van der Waals surface area contributed by atoms with Crippen LogP contribution in [0.3, 0.4) is 0 Å². The highest BCUT2D eigenvalue weighted by Crippen LogP contribution is 2.28. The number of hydrogen-bond acceptors (Lipinski definition) is 2. The van der Waals surface area contributed by atoms with Crippen molar-refractivity contribution < 1.29 is 5.11 Å². The van der Waals surface area contributed by atoms with Gasteiger partial charge in [0, 0.05) is 6.54 Å². The van der Waals surface area contributed by atoms with Crippen molar-refractivity contribution in [3.05, 3.63) is 28.3 Å². The first-order chi connectivity index (χ1) is 7.20. The lowest BCUT2D eigenvalue weighted by Crippen LogP contribution is -2.25. The minimum absolute atomic E-state index is 0.431. The van der Waals surface area contributed by atoms with E-state index in [4.69, 9.17) is 0 Å². The lowest BCUT2D eigenvalue weighted by Gasteiger charge is -2.22. The molecule has 2 N–H and O–H groups in total. The molecule has 0 aromatic heterocycles. The van der Waals surface area contributed by atoms with Crippen LogP contribution in [0.25, 0.3) is 0 Å². The standard InChI is InChI=1S/C11H15NO.C2H6/c1-7-5-11(13)8(2)10-6-12-4-3-9(7)10;1-2/h5,12-13H,3-4,6H2,1-2H3;1-2H3. The van der Waals surface area contributed by atoms with Crippen LogP contribution in [0.2, 0.25) is 0 Å². The Morgan fingerprint density at radius 3 is 2.53 bits per heavy atom. The predicted molar refractivity (Wildman–Crippen MR) is 64.3 cm³/mol. The molecule has 0 radical (unpaired) electrons. The Morgan fingerprint density at radius 2 is 1.87 bits per heavy atom. The quantitative estimate of drug-likeness (QED) is 0.685. The van der Waals surface area contributed by atoms with E-state index in [2.05, 4.69) is 12.2 Å². The van der Waals surface area contributed by atoms with Gasteiger partial charge in [0.05, 0.1) is 0 Å². The third-order valence-electron chi connectivity index (χ3n) is 2.88. The number of aromatic hydroxyl groups is 1. The Bertz CT molecular complexity index is 345. The fourth-order valence-corrected chi connectivity index (χ4v) is 2.03. The number of fused-ring (bicyclic) bond motifs is 1. The maximum atomic E-state index is 9.63. The highest BCUT2D eigenvalue weighted by atomic mass is 16.3. The predicted octanol–water partition coefficient (Wildman–Crippen LogP) is 2.68. The first kappa shape index (κ1) is 12.1. The Balaban J connectivity index is 0.000000531. The monoisotopic (exact) mass is 207 g/mol. The van der Waals surface area contributed by atoms with E-state index in [1.165, 1.54) is 16.7 Å². The molecule has 1 aliphatic rings. The van der Waals surface area contributed by atoms with Crippen molar-refractivity contribution in [1.82, 2.24) is 5.32 Å². The van der Waals surface area contributed by atoms with Gasteiger partial charge in [-0.2, -0.15) is 0 Å². The molecule has 0 amide bonds. The minimum Gasteiger partial charge on any atom is -0.508 e. The maximum Gasteiger partial charge on any atom is 0.119 e. The number of hydrogen-bond donors (Lipinski definition) is 2. The molecule has 0 spiro atoms. The van der Waals surface area contributed by atoms with E-state index >= 15 is 0 Å². The second-order valence-electron chi connectivity index (χ2n) is 3.72. The molecule has 15 heavy (non-hydrogen) atoms. The van der Waals surface area contributed by atoms with Crippen molar-refractivity contribution in [3.63, 3.8) is 0 Å². The first-order valence-electron chi connectivity index (χ1n) is 5.72. The van der Waals surface area contributed by atoms with Gasteiger partial charge >= 0.3 is 0 Å². The van der Waals surface area contributed by atoms with Crippen LogP contribution >= 0.6 is 0 Å². The topological polar surface area (TPSA) is 32.3 Å². The summed E-state index contributed by atoms with van der Waals surface area (Å²) >= 11 is 0. The summed E-state index contributed by atoms with van der Waals surface area (Å²) in [5.74, 6) is 0.431. The van der Waals surface area contributed by atoms with Gasteiger partial charge in [0.15, 0.2) is 0 Å². The van der Waals surface area contributed by atoms with E-state index in [1.807, 2.05) is 26.8 Å². The molecule has 0 aliphatic carbocycles. The Hall–Kier alpha value is -1.02. The summed E-state index contributed by atoms with van der Waals surface area (Å²) in [4.78, 5) is 0. The van der Waals surface area contributed by atoms with Crippen LogP contribution in [0.1, 0.15) is 36.1 Å². The molecule has 0 atom stereocenters. The number of phenols is 1. The molecule has 84 valence electrons. The third kappa shape index (κ3) is 2.32. The molecule has 0 fully saturated rings.